The van der Waals surface area contributed by atoms with E-state index in [-0.39, 0.29) is 48.5 Å². The van der Waals surface area contributed by atoms with Crippen LogP contribution in [0.25, 0.3) is 0 Å². The van der Waals surface area contributed by atoms with Crippen molar-refractivity contribution in [2.24, 2.45) is 5.92 Å². The molecule has 38 heavy (non-hydrogen) atoms. The van der Waals surface area contributed by atoms with E-state index in [2.05, 4.69) is 21.8 Å². The fourth-order valence-corrected chi connectivity index (χ4v) is 4.16. The molecule has 3 aromatic rings. The van der Waals surface area contributed by atoms with Gasteiger partial charge in [0.1, 0.15) is 17.5 Å². The Balaban J connectivity index is 1.66. The van der Waals surface area contributed by atoms with Gasteiger partial charge in [-0.25, -0.2) is 9.37 Å². The Labute approximate surface area is 221 Å². The lowest BCUT2D eigenvalue weighted by molar-refractivity contribution is 0.0312. The monoisotopic (exact) mass is 516 g/mol. The number of fused-ring (bicyclic) bond motifs is 1. The third-order valence-electron chi connectivity index (χ3n) is 6.46. The standard InChI is InChI=1S/C29H29FN4O4/c1-19-16-34(20(2)18-35)29(37)24-14-22(9-8-21-10-12-31-13-11-21)15-32-27(24)38-26(19)17-33(3)28(36)23-6-4-5-7-25(23)30/h4-7,10-15,19-20,26,35H,16-18H2,1-3H3/t19-,20-,26+/m1/s1. The molecule has 0 spiro atoms. The number of aliphatic hydroxyl groups is 1. The smallest absolute Gasteiger partial charge is 0.259 e. The molecule has 2 amide bonds. The molecule has 196 valence electrons. The van der Waals surface area contributed by atoms with Gasteiger partial charge in [-0.15, -0.1) is 0 Å². The minimum absolute atomic E-state index is 0.0323. The minimum atomic E-state index is -0.600. The van der Waals surface area contributed by atoms with E-state index < -0.39 is 23.9 Å². The van der Waals surface area contributed by atoms with Gasteiger partial charge in [0.15, 0.2) is 0 Å². The van der Waals surface area contributed by atoms with E-state index in [0.29, 0.717) is 5.56 Å². The number of rotatable bonds is 5. The second-order valence-electron chi connectivity index (χ2n) is 9.35. The van der Waals surface area contributed by atoms with Gasteiger partial charge in [0, 0.05) is 49.2 Å². The summed E-state index contributed by atoms with van der Waals surface area (Å²) in [5, 5.41) is 9.85. The van der Waals surface area contributed by atoms with Crippen molar-refractivity contribution in [3.8, 4) is 17.7 Å². The highest BCUT2D eigenvalue weighted by Gasteiger charge is 2.35. The number of amides is 2. The maximum absolute atomic E-state index is 14.2. The molecule has 3 heterocycles. The first-order valence-electron chi connectivity index (χ1n) is 12.3. The van der Waals surface area contributed by atoms with Crippen molar-refractivity contribution in [3.05, 3.63) is 89.1 Å². The number of pyridine rings is 2. The van der Waals surface area contributed by atoms with Crippen LogP contribution >= 0.6 is 0 Å². The Hall–Kier alpha value is -4.29. The number of ether oxygens (including phenoxy) is 1. The molecule has 1 aliphatic rings. The number of nitrogens with zero attached hydrogens (tertiary/aromatic N) is 4. The average Bonchev–Trinajstić information content (AvgIpc) is 2.93. The van der Waals surface area contributed by atoms with Crippen LogP contribution in [0.1, 0.15) is 45.7 Å². The van der Waals surface area contributed by atoms with Crippen LogP contribution in [0.3, 0.4) is 0 Å². The van der Waals surface area contributed by atoms with Gasteiger partial charge in [0.2, 0.25) is 5.88 Å². The van der Waals surface area contributed by atoms with Gasteiger partial charge < -0.3 is 19.6 Å². The van der Waals surface area contributed by atoms with Gasteiger partial charge in [-0.05, 0) is 37.3 Å². The molecule has 8 nitrogen and oxygen atoms in total. The first-order valence-corrected chi connectivity index (χ1v) is 12.3. The number of likely N-dealkylation sites (N-methyl/N-ethyl adjacent to an activating group) is 1. The zero-order valence-corrected chi connectivity index (χ0v) is 21.5. The lowest BCUT2D eigenvalue weighted by Gasteiger charge is -2.37. The SMILES string of the molecule is C[C@@H]1CN([C@H](C)CO)C(=O)c2cc(C#Cc3ccncc3)cnc2O[C@H]1CN(C)C(=O)c1ccccc1F. The molecule has 2 aromatic heterocycles. The molecule has 1 N–H and O–H groups in total. The maximum Gasteiger partial charge on any atom is 0.259 e. The fraction of sp³-hybridized carbons (Fsp3) is 0.310. The topological polar surface area (TPSA) is 95.9 Å². The molecule has 0 aliphatic carbocycles. The highest BCUT2D eigenvalue weighted by Crippen LogP contribution is 2.27. The first kappa shape index (κ1) is 26.8. The van der Waals surface area contributed by atoms with Gasteiger partial charge in [-0.3, -0.25) is 14.6 Å². The molecule has 9 heteroatoms. The normalized spacial score (nSPS) is 17.7. The Kier molecular flexibility index (Phi) is 8.34. The van der Waals surface area contributed by atoms with Crippen molar-refractivity contribution >= 4 is 11.8 Å². The molecule has 0 saturated carbocycles. The van der Waals surface area contributed by atoms with E-state index in [0.717, 1.165) is 5.56 Å². The molecule has 4 rings (SSSR count). The van der Waals surface area contributed by atoms with Gasteiger partial charge in [0.05, 0.1) is 24.8 Å². The van der Waals surface area contributed by atoms with Crippen molar-refractivity contribution in [2.75, 3.05) is 26.7 Å². The van der Waals surface area contributed by atoms with Crippen molar-refractivity contribution < 1.29 is 23.8 Å². The van der Waals surface area contributed by atoms with E-state index in [1.807, 2.05) is 6.92 Å². The van der Waals surface area contributed by atoms with Crippen LogP contribution < -0.4 is 4.74 Å². The van der Waals surface area contributed by atoms with Crippen molar-refractivity contribution in [1.29, 1.82) is 0 Å². The van der Waals surface area contributed by atoms with Crippen molar-refractivity contribution in [3.63, 3.8) is 0 Å². The second kappa shape index (κ2) is 11.8. The van der Waals surface area contributed by atoms with Crippen molar-refractivity contribution in [1.82, 2.24) is 19.8 Å². The summed E-state index contributed by atoms with van der Waals surface area (Å²) >= 11 is 0. The number of halogens is 1. The molecule has 0 fully saturated rings. The van der Waals surface area contributed by atoms with Crippen LogP contribution in [-0.2, 0) is 0 Å². The molecule has 0 radical (unpaired) electrons. The maximum atomic E-state index is 14.2. The summed E-state index contributed by atoms with van der Waals surface area (Å²) in [4.78, 5) is 37.9. The zero-order chi connectivity index (χ0) is 27.2. The van der Waals surface area contributed by atoms with E-state index in [1.165, 1.54) is 29.3 Å². The summed E-state index contributed by atoms with van der Waals surface area (Å²) in [6, 6.07) is 10.5. The number of aromatic nitrogens is 2. The van der Waals surface area contributed by atoms with Crippen LogP contribution in [0.2, 0.25) is 0 Å². The highest BCUT2D eigenvalue weighted by atomic mass is 19.1. The van der Waals surface area contributed by atoms with Gasteiger partial charge in [-0.2, -0.15) is 0 Å². The van der Waals surface area contributed by atoms with Gasteiger partial charge in [0.25, 0.3) is 11.8 Å². The van der Waals surface area contributed by atoms with E-state index in [4.69, 9.17) is 4.74 Å². The molecular weight excluding hydrogens is 487 g/mol. The van der Waals surface area contributed by atoms with Gasteiger partial charge >= 0.3 is 0 Å². The Morgan fingerprint density at radius 2 is 1.95 bits per heavy atom. The fourth-order valence-electron chi connectivity index (χ4n) is 4.16. The summed E-state index contributed by atoms with van der Waals surface area (Å²) in [7, 11) is 1.58. The van der Waals surface area contributed by atoms with E-state index in [1.54, 1.807) is 55.5 Å². The number of aliphatic hydroxyl groups excluding tert-OH is 1. The summed E-state index contributed by atoms with van der Waals surface area (Å²) < 4.78 is 20.5. The molecule has 1 aliphatic heterocycles. The molecule has 0 unspecified atom stereocenters. The van der Waals surface area contributed by atoms with E-state index >= 15 is 0 Å². The lowest BCUT2D eigenvalue weighted by Crippen LogP contribution is -2.50. The summed E-state index contributed by atoms with van der Waals surface area (Å²) in [6.07, 6.45) is 4.25. The lowest BCUT2D eigenvalue weighted by atomic mass is 9.99. The number of carbonyl (C=O) groups excluding carboxylic acids is 2. The number of carbonyl (C=O) groups is 2. The highest BCUT2D eigenvalue weighted by molar-refractivity contribution is 5.97. The largest absolute Gasteiger partial charge is 0.472 e. The summed E-state index contributed by atoms with van der Waals surface area (Å²) in [5.74, 6) is 4.50. The van der Waals surface area contributed by atoms with Crippen LogP contribution in [0.5, 0.6) is 5.88 Å². The molecule has 0 bridgehead atoms. The average molecular weight is 517 g/mol. The van der Waals surface area contributed by atoms with Crippen LogP contribution in [-0.4, -0.2) is 75.6 Å². The molecule has 3 atom stereocenters. The van der Waals surface area contributed by atoms with Crippen molar-refractivity contribution in [2.45, 2.75) is 26.0 Å². The van der Waals surface area contributed by atoms with E-state index in [9.17, 15) is 19.1 Å². The quantitative estimate of drug-likeness (QED) is 0.524. The third-order valence-corrected chi connectivity index (χ3v) is 6.46. The van der Waals surface area contributed by atoms with Crippen LogP contribution in [0.4, 0.5) is 4.39 Å². The second-order valence-corrected chi connectivity index (χ2v) is 9.35. The predicted octanol–water partition coefficient (Wildman–Crippen LogP) is 3.01. The predicted molar refractivity (Wildman–Crippen MR) is 139 cm³/mol. The zero-order valence-electron chi connectivity index (χ0n) is 21.5. The minimum Gasteiger partial charge on any atom is -0.472 e. The summed E-state index contributed by atoms with van der Waals surface area (Å²) in [5.41, 5.74) is 1.47. The van der Waals surface area contributed by atoms with Crippen LogP contribution in [0.15, 0.2) is 61.1 Å². The Morgan fingerprint density at radius 1 is 1.24 bits per heavy atom. The van der Waals surface area contributed by atoms with Gasteiger partial charge in [-0.1, -0.05) is 30.9 Å². The Morgan fingerprint density at radius 3 is 2.66 bits per heavy atom. The number of hydrogen-bond donors (Lipinski definition) is 1. The summed E-state index contributed by atoms with van der Waals surface area (Å²) in [6.45, 7) is 3.85. The molecular formula is C29H29FN4O4. The molecule has 0 saturated heterocycles. The number of hydrogen-bond acceptors (Lipinski definition) is 6. The Bertz CT molecular complexity index is 1370. The van der Waals surface area contributed by atoms with Crippen LogP contribution in [0, 0.1) is 23.6 Å². The third kappa shape index (κ3) is 5.98. The first-order chi connectivity index (χ1) is 18.3. The number of benzene rings is 1. The molecule has 1 aromatic carbocycles.